The van der Waals surface area contributed by atoms with E-state index in [0.717, 1.165) is 11.1 Å². The van der Waals surface area contributed by atoms with E-state index in [0.29, 0.717) is 17.8 Å². The van der Waals surface area contributed by atoms with E-state index < -0.39 is 0 Å². The number of benzene rings is 1. The highest BCUT2D eigenvalue weighted by Gasteiger charge is 2.21. The molecule has 7 heteroatoms. The molecule has 0 bridgehead atoms. The lowest BCUT2D eigenvalue weighted by Crippen LogP contribution is -2.18. The number of fused-ring (bicyclic) bond motifs is 1. The first kappa shape index (κ1) is 13.7. The van der Waals surface area contributed by atoms with E-state index >= 15 is 0 Å². The van der Waals surface area contributed by atoms with Gasteiger partial charge in [-0.1, -0.05) is 0 Å². The molecule has 0 aliphatic carbocycles. The summed E-state index contributed by atoms with van der Waals surface area (Å²) < 4.78 is 5.82. The second-order valence-electron chi connectivity index (χ2n) is 4.24. The van der Waals surface area contributed by atoms with Crippen molar-refractivity contribution < 1.29 is 9.66 Å². The summed E-state index contributed by atoms with van der Waals surface area (Å²) in [6.07, 6.45) is 0.781. The zero-order valence-electron chi connectivity index (χ0n) is 10.8. The molecule has 1 aromatic carbocycles. The van der Waals surface area contributed by atoms with Crippen LogP contribution in [0.15, 0.2) is 17.6 Å². The number of thiazole rings is 1. The van der Waals surface area contributed by atoms with Crippen molar-refractivity contribution in [2.45, 2.75) is 19.4 Å². The highest BCUT2D eigenvalue weighted by molar-refractivity contribution is 7.16. The van der Waals surface area contributed by atoms with Gasteiger partial charge in [-0.3, -0.25) is 10.1 Å². The SMILES string of the molecule is COCCC(C)Nc1ccc2scnc2c1[N+](=O)[O-]. The highest BCUT2D eigenvalue weighted by Crippen LogP contribution is 2.34. The Hall–Kier alpha value is -1.73. The number of nitro groups is 1. The van der Waals surface area contributed by atoms with Crippen LogP contribution in [0.5, 0.6) is 0 Å². The minimum Gasteiger partial charge on any atom is -0.385 e. The quantitative estimate of drug-likeness (QED) is 0.650. The van der Waals surface area contributed by atoms with E-state index in [4.69, 9.17) is 4.74 Å². The van der Waals surface area contributed by atoms with E-state index in [1.807, 2.05) is 13.0 Å². The molecule has 1 heterocycles. The summed E-state index contributed by atoms with van der Waals surface area (Å²) >= 11 is 1.40. The van der Waals surface area contributed by atoms with Gasteiger partial charge in [-0.05, 0) is 25.5 Å². The third-order valence-corrected chi connectivity index (χ3v) is 3.61. The van der Waals surface area contributed by atoms with Gasteiger partial charge in [0.1, 0.15) is 5.69 Å². The zero-order chi connectivity index (χ0) is 13.8. The first-order valence-electron chi connectivity index (χ1n) is 5.89. The molecule has 2 rings (SSSR count). The molecule has 0 spiro atoms. The van der Waals surface area contributed by atoms with Crippen molar-refractivity contribution in [3.8, 4) is 0 Å². The van der Waals surface area contributed by atoms with E-state index in [9.17, 15) is 10.1 Å². The van der Waals surface area contributed by atoms with Gasteiger partial charge in [-0.2, -0.15) is 0 Å². The first-order chi connectivity index (χ1) is 9.13. The summed E-state index contributed by atoms with van der Waals surface area (Å²) in [6, 6.07) is 3.68. The Labute approximate surface area is 114 Å². The minimum absolute atomic E-state index is 0.0445. The van der Waals surface area contributed by atoms with Crippen LogP contribution in [0, 0.1) is 10.1 Å². The maximum absolute atomic E-state index is 11.2. The normalized spacial score (nSPS) is 12.5. The van der Waals surface area contributed by atoms with Gasteiger partial charge in [-0.15, -0.1) is 11.3 Å². The molecule has 19 heavy (non-hydrogen) atoms. The number of nitrogens with zero attached hydrogens (tertiary/aromatic N) is 2. The second kappa shape index (κ2) is 5.94. The highest BCUT2D eigenvalue weighted by atomic mass is 32.1. The largest absolute Gasteiger partial charge is 0.385 e. The van der Waals surface area contributed by atoms with Crippen molar-refractivity contribution in [2.24, 2.45) is 0 Å². The summed E-state index contributed by atoms with van der Waals surface area (Å²) in [5.74, 6) is 0. The smallest absolute Gasteiger partial charge is 0.319 e. The van der Waals surface area contributed by atoms with Crippen molar-refractivity contribution in [3.05, 3.63) is 27.8 Å². The van der Waals surface area contributed by atoms with Gasteiger partial charge in [0.15, 0.2) is 5.52 Å². The molecule has 0 amide bonds. The van der Waals surface area contributed by atoms with Crippen molar-refractivity contribution in [3.63, 3.8) is 0 Å². The van der Waals surface area contributed by atoms with Gasteiger partial charge in [-0.25, -0.2) is 4.98 Å². The molecule has 0 fully saturated rings. The molecule has 0 aliphatic rings. The summed E-state index contributed by atoms with van der Waals surface area (Å²) in [5, 5.41) is 14.4. The molecule has 1 aromatic heterocycles. The van der Waals surface area contributed by atoms with E-state index in [-0.39, 0.29) is 16.7 Å². The number of anilines is 1. The molecule has 0 aliphatic heterocycles. The fraction of sp³-hybridized carbons (Fsp3) is 0.417. The summed E-state index contributed by atoms with van der Waals surface area (Å²) in [6.45, 7) is 2.58. The molecule has 1 atom stereocenters. The number of methoxy groups -OCH3 is 1. The average Bonchev–Trinajstić information content (AvgIpc) is 2.83. The van der Waals surface area contributed by atoms with Gasteiger partial charge >= 0.3 is 5.69 Å². The predicted molar refractivity (Wildman–Crippen MR) is 75.9 cm³/mol. The topological polar surface area (TPSA) is 77.3 Å². The molecule has 1 unspecified atom stereocenters. The molecule has 6 nitrogen and oxygen atoms in total. The Balaban J connectivity index is 2.31. The van der Waals surface area contributed by atoms with Crippen LogP contribution >= 0.6 is 11.3 Å². The van der Waals surface area contributed by atoms with Crippen LogP contribution in [-0.4, -0.2) is 29.7 Å². The number of hydrogen-bond acceptors (Lipinski definition) is 6. The molecular formula is C12H15N3O3S. The third kappa shape index (κ3) is 2.99. The van der Waals surface area contributed by atoms with Crippen LogP contribution in [0.1, 0.15) is 13.3 Å². The molecule has 102 valence electrons. The molecule has 0 saturated carbocycles. The van der Waals surface area contributed by atoms with Crippen LogP contribution in [-0.2, 0) is 4.74 Å². The average molecular weight is 281 g/mol. The van der Waals surface area contributed by atoms with Crippen molar-refractivity contribution in [1.29, 1.82) is 0 Å². The van der Waals surface area contributed by atoms with Crippen LogP contribution < -0.4 is 5.32 Å². The maximum Gasteiger partial charge on any atom is 0.319 e. The Bertz CT molecular complexity index is 585. The van der Waals surface area contributed by atoms with Gasteiger partial charge in [0.2, 0.25) is 0 Å². The molecule has 0 saturated heterocycles. The Morgan fingerprint density at radius 2 is 2.37 bits per heavy atom. The molecule has 2 aromatic rings. The van der Waals surface area contributed by atoms with Gasteiger partial charge < -0.3 is 10.1 Å². The van der Waals surface area contributed by atoms with Crippen molar-refractivity contribution >= 4 is 32.9 Å². The van der Waals surface area contributed by atoms with Crippen LogP contribution in [0.25, 0.3) is 10.2 Å². The van der Waals surface area contributed by atoms with E-state index in [1.165, 1.54) is 11.3 Å². The number of ether oxygens (including phenoxy) is 1. The monoisotopic (exact) mass is 281 g/mol. The number of nitrogens with one attached hydrogen (secondary N) is 1. The lowest BCUT2D eigenvalue weighted by molar-refractivity contribution is -0.382. The van der Waals surface area contributed by atoms with Crippen LogP contribution in [0.2, 0.25) is 0 Å². The van der Waals surface area contributed by atoms with Crippen molar-refractivity contribution in [1.82, 2.24) is 4.98 Å². The van der Waals surface area contributed by atoms with Crippen LogP contribution in [0.3, 0.4) is 0 Å². The minimum atomic E-state index is -0.382. The summed E-state index contributed by atoms with van der Waals surface area (Å²) in [7, 11) is 1.64. The lowest BCUT2D eigenvalue weighted by atomic mass is 10.2. The molecule has 1 N–H and O–H groups in total. The molecule has 0 radical (unpaired) electrons. The first-order valence-corrected chi connectivity index (χ1v) is 6.77. The Morgan fingerprint density at radius 1 is 1.58 bits per heavy atom. The van der Waals surface area contributed by atoms with E-state index in [2.05, 4.69) is 10.3 Å². The third-order valence-electron chi connectivity index (χ3n) is 2.82. The van der Waals surface area contributed by atoms with E-state index in [1.54, 1.807) is 18.7 Å². The van der Waals surface area contributed by atoms with Gasteiger partial charge in [0.25, 0.3) is 0 Å². The van der Waals surface area contributed by atoms with Gasteiger partial charge in [0, 0.05) is 19.8 Å². The fourth-order valence-electron chi connectivity index (χ4n) is 1.85. The number of hydrogen-bond donors (Lipinski definition) is 1. The Morgan fingerprint density at radius 3 is 3.05 bits per heavy atom. The van der Waals surface area contributed by atoms with Gasteiger partial charge in [0.05, 0.1) is 15.1 Å². The lowest BCUT2D eigenvalue weighted by Gasteiger charge is -2.14. The summed E-state index contributed by atoms with van der Waals surface area (Å²) in [5.41, 5.74) is 2.62. The molecular weight excluding hydrogens is 266 g/mol. The number of rotatable bonds is 6. The summed E-state index contributed by atoms with van der Waals surface area (Å²) in [4.78, 5) is 14.9. The fourth-order valence-corrected chi connectivity index (χ4v) is 2.53. The maximum atomic E-state index is 11.2. The number of aromatic nitrogens is 1. The zero-order valence-corrected chi connectivity index (χ0v) is 11.6. The second-order valence-corrected chi connectivity index (χ2v) is 5.13. The Kier molecular flexibility index (Phi) is 4.28. The van der Waals surface area contributed by atoms with Crippen LogP contribution in [0.4, 0.5) is 11.4 Å². The predicted octanol–water partition coefficient (Wildman–Crippen LogP) is 3.04. The number of nitro benzene ring substituents is 1. The standard InChI is InChI=1S/C12H15N3O3S/c1-8(5-6-18-2)14-9-3-4-10-11(13-7-19-10)12(9)15(16)17/h3-4,7-8,14H,5-6H2,1-2H3. The van der Waals surface area contributed by atoms with Crippen molar-refractivity contribution in [2.75, 3.05) is 19.0 Å².